The number of alkyl halides is 3. The zero-order valence-electron chi connectivity index (χ0n) is 10.7. The Morgan fingerprint density at radius 1 is 1.29 bits per heavy atom. The second-order valence-electron chi connectivity index (χ2n) is 4.24. The summed E-state index contributed by atoms with van der Waals surface area (Å²) < 4.78 is 38.8. The molecule has 0 amide bonds. The van der Waals surface area contributed by atoms with E-state index in [2.05, 4.69) is 5.32 Å². The van der Waals surface area contributed by atoms with Crippen LogP contribution in [0.4, 0.5) is 24.5 Å². The molecule has 0 aliphatic rings. The molecule has 0 radical (unpaired) electrons. The Hall–Kier alpha value is -2.09. The van der Waals surface area contributed by atoms with Crippen molar-refractivity contribution in [3.8, 4) is 0 Å². The van der Waals surface area contributed by atoms with Crippen LogP contribution in [0.2, 0.25) is 0 Å². The molecule has 0 saturated carbocycles. The predicted octanol–water partition coefficient (Wildman–Crippen LogP) is 4.33. The highest BCUT2D eigenvalue weighted by molar-refractivity contribution is 7.09. The molecule has 0 aliphatic heterocycles. The number of nitro benzene ring substituents is 1. The quantitative estimate of drug-likeness (QED) is 0.660. The monoisotopic (exact) mass is 316 g/mol. The van der Waals surface area contributed by atoms with E-state index in [9.17, 15) is 23.3 Å². The molecule has 4 nitrogen and oxygen atoms in total. The largest absolute Gasteiger partial charge is 0.418 e. The summed E-state index contributed by atoms with van der Waals surface area (Å²) >= 11 is 1.52. The molecule has 0 spiro atoms. The van der Waals surface area contributed by atoms with Crippen LogP contribution in [-0.2, 0) is 12.6 Å². The molecular weight excluding hydrogens is 305 g/mol. The number of non-ortho nitro benzene ring substituents is 1. The van der Waals surface area contributed by atoms with E-state index >= 15 is 0 Å². The molecule has 0 saturated heterocycles. The van der Waals surface area contributed by atoms with Gasteiger partial charge >= 0.3 is 6.18 Å². The van der Waals surface area contributed by atoms with Crippen molar-refractivity contribution in [2.45, 2.75) is 12.6 Å². The van der Waals surface area contributed by atoms with Gasteiger partial charge in [-0.25, -0.2) is 0 Å². The highest BCUT2D eigenvalue weighted by atomic mass is 32.1. The molecule has 8 heteroatoms. The topological polar surface area (TPSA) is 55.2 Å². The minimum absolute atomic E-state index is 0.148. The summed E-state index contributed by atoms with van der Waals surface area (Å²) in [5.41, 5.74) is -1.75. The third kappa shape index (κ3) is 3.94. The second kappa shape index (κ2) is 6.13. The predicted molar refractivity (Wildman–Crippen MR) is 74.6 cm³/mol. The molecule has 0 fully saturated rings. The van der Waals surface area contributed by atoms with Gasteiger partial charge in [0.1, 0.15) is 0 Å². The summed E-state index contributed by atoms with van der Waals surface area (Å²) in [5.74, 6) is 0. The van der Waals surface area contributed by atoms with Gasteiger partial charge in [0, 0.05) is 29.2 Å². The molecule has 1 N–H and O–H groups in total. The zero-order valence-corrected chi connectivity index (χ0v) is 11.5. The first-order valence-corrected chi connectivity index (χ1v) is 6.88. The van der Waals surface area contributed by atoms with Gasteiger partial charge in [-0.1, -0.05) is 6.07 Å². The maximum atomic E-state index is 12.9. The van der Waals surface area contributed by atoms with Crippen LogP contribution in [0.3, 0.4) is 0 Å². The molecule has 1 aromatic heterocycles. The Bertz CT molecular complexity index is 627. The fourth-order valence-corrected chi connectivity index (χ4v) is 2.52. The maximum Gasteiger partial charge on any atom is 0.418 e. The van der Waals surface area contributed by atoms with Gasteiger partial charge in [-0.2, -0.15) is 13.2 Å². The molecule has 0 bridgehead atoms. The lowest BCUT2D eigenvalue weighted by Gasteiger charge is -2.14. The van der Waals surface area contributed by atoms with Crippen LogP contribution in [0.25, 0.3) is 0 Å². The fraction of sp³-hybridized carbons (Fsp3) is 0.231. The summed E-state index contributed by atoms with van der Waals surface area (Å²) in [6.07, 6.45) is -4.05. The highest BCUT2D eigenvalue weighted by Crippen LogP contribution is 2.37. The number of thiophene rings is 1. The number of halogens is 3. The van der Waals surface area contributed by atoms with Crippen LogP contribution in [0.1, 0.15) is 10.4 Å². The third-order valence-electron chi connectivity index (χ3n) is 2.79. The number of anilines is 1. The minimum Gasteiger partial charge on any atom is -0.384 e. The second-order valence-corrected chi connectivity index (χ2v) is 5.27. The average molecular weight is 316 g/mol. The normalized spacial score (nSPS) is 11.4. The molecule has 1 aromatic carbocycles. The third-order valence-corrected chi connectivity index (χ3v) is 3.72. The van der Waals surface area contributed by atoms with Crippen molar-refractivity contribution < 1.29 is 18.1 Å². The van der Waals surface area contributed by atoms with Crippen molar-refractivity contribution in [3.63, 3.8) is 0 Å². The minimum atomic E-state index is -4.64. The number of nitrogens with one attached hydrogen (secondary N) is 1. The molecule has 0 aliphatic carbocycles. The molecule has 112 valence electrons. The van der Waals surface area contributed by atoms with E-state index in [0.29, 0.717) is 19.0 Å². The van der Waals surface area contributed by atoms with E-state index in [4.69, 9.17) is 0 Å². The van der Waals surface area contributed by atoms with Crippen LogP contribution < -0.4 is 5.32 Å². The fourth-order valence-electron chi connectivity index (χ4n) is 1.81. The van der Waals surface area contributed by atoms with Crippen molar-refractivity contribution in [1.82, 2.24) is 0 Å². The van der Waals surface area contributed by atoms with Gasteiger partial charge in [-0.15, -0.1) is 11.3 Å². The van der Waals surface area contributed by atoms with Gasteiger partial charge in [0.25, 0.3) is 5.69 Å². The number of hydrogen-bond acceptors (Lipinski definition) is 4. The Labute approximate surface area is 122 Å². The highest BCUT2D eigenvalue weighted by Gasteiger charge is 2.35. The van der Waals surface area contributed by atoms with Crippen LogP contribution in [-0.4, -0.2) is 11.5 Å². The molecular formula is C13H11F3N2O2S. The van der Waals surface area contributed by atoms with E-state index in [1.54, 1.807) is 0 Å². The maximum absolute atomic E-state index is 12.9. The molecule has 0 atom stereocenters. The summed E-state index contributed by atoms with van der Waals surface area (Å²) in [6.45, 7) is 0.321. The zero-order chi connectivity index (χ0) is 15.5. The van der Waals surface area contributed by atoms with Crippen LogP contribution in [0.5, 0.6) is 0 Å². The Morgan fingerprint density at radius 2 is 2.05 bits per heavy atom. The number of benzene rings is 1. The van der Waals surface area contributed by atoms with Crippen LogP contribution in [0, 0.1) is 10.1 Å². The summed E-state index contributed by atoms with van der Waals surface area (Å²) in [7, 11) is 0. The lowest BCUT2D eigenvalue weighted by molar-refractivity contribution is -0.385. The Morgan fingerprint density at radius 3 is 2.62 bits per heavy atom. The average Bonchev–Trinajstić information content (AvgIpc) is 2.90. The SMILES string of the molecule is O=[N+]([O-])c1ccc(NCCc2cccs2)c(C(F)(F)F)c1. The first-order chi connectivity index (χ1) is 9.88. The number of nitrogens with zero attached hydrogens (tertiary/aromatic N) is 1. The van der Waals surface area contributed by atoms with Crippen molar-refractivity contribution in [2.75, 3.05) is 11.9 Å². The summed E-state index contributed by atoms with van der Waals surface area (Å²) in [4.78, 5) is 10.8. The van der Waals surface area contributed by atoms with Crippen molar-refractivity contribution in [3.05, 3.63) is 56.3 Å². The van der Waals surface area contributed by atoms with Gasteiger partial charge in [-0.05, 0) is 23.9 Å². The summed E-state index contributed by atoms with van der Waals surface area (Å²) in [5, 5.41) is 15.2. The first kappa shape index (κ1) is 15.3. The van der Waals surface area contributed by atoms with Crippen LogP contribution in [0.15, 0.2) is 35.7 Å². The Kier molecular flexibility index (Phi) is 4.46. The Balaban J connectivity index is 2.16. The lowest BCUT2D eigenvalue weighted by Crippen LogP contribution is -2.13. The van der Waals surface area contributed by atoms with Gasteiger partial charge in [0.2, 0.25) is 0 Å². The van der Waals surface area contributed by atoms with Gasteiger partial charge in [0.15, 0.2) is 0 Å². The van der Waals surface area contributed by atoms with Crippen molar-refractivity contribution in [1.29, 1.82) is 0 Å². The van der Waals surface area contributed by atoms with E-state index in [1.807, 2.05) is 17.5 Å². The standard InChI is InChI=1S/C13H11F3N2O2S/c14-13(15,16)11-8-9(18(19)20)3-4-12(11)17-6-5-10-2-1-7-21-10/h1-4,7-8,17H,5-6H2. The van der Waals surface area contributed by atoms with E-state index < -0.39 is 22.4 Å². The number of hydrogen-bond donors (Lipinski definition) is 1. The first-order valence-electron chi connectivity index (χ1n) is 6.00. The van der Waals surface area contributed by atoms with Crippen molar-refractivity contribution in [2.24, 2.45) is 0 Å². The molecule has 0 unspecified atom stereocenters. The smallest absolute Gasteiger partial charge is 0.384 e. The summed E-state index contributed by atoms with van der Waals surface area (Å²) in [6, 6.07) is 6.46. The molecule has 2 aromatic rings. The molecule has 2 rings (SSSR count). The number of nitro groups is 1. The van der Waals surface area contributed by atoms with Crippen LogP contribution >= 0.6 is 11.3 Å². The van der Waals surface area contributed by atoms with Crippen molar-refractivity contribution >= 4 is 22.7 Å². The number of rotatable bonds is 5. The van der Waals surface area contributed by atoms with Gasteiger partial charge < -0.3 is 5.32 Å². The van der Waals surface area contributed by atoms with E-state index in [-0.39, 0.29) is 5.69 Å². The van der Waals surface area contributed by atoms with Gasteiger partial charge in [-0.3, -0.25) is 10.1 Å². The van der Waals surface area contributed by atoms with E-state index in [1.165, 1.54) is 11.3 Å². The molecule has 1 heterocycles. The van der Waals surface area contributed by atoms with E-state index in [0.717, 1.165) is 17.0 Å². The molecule has 21 heavy (non-hydrogen) atoms. The van der Waals surface area contributed by atoms with Gasteiger partial charge in [0.05, 0.1) is 10.5 Å². The lowest BCUT2D eigenvalue weighted by atomic mass is 10.1.